The van der Waals surface area contributed by atoms with Gasteiger partial charge >= 0.3 is 0 Å². The third-order valence-electron chi connectivity index (χ3n) is 7.11. The van der Waals surface area contributed by atoms with Gasteiger partial charge in [0.2, 0.25) is 0 Å². The molecule has 0 saturated carbocycles. The molecule has 0 bridgehead atoms. The lowest BCUT2D eigenvalue weighted by molar-refractivity contribution is 0.0624. The van der Waals surface area contributed by atoms with E-state index in [1.807, 2.05) is 85.8 Å². The highest BCUT2D eigenvalue weighted by Crippen LogP contribution is 2.30. The van der Waals surface area contributed by atoms with Gasteiger partial charge in [0, 0.05) is 10.0 Å². The zero-order valence-electron chi connectivity index (χ0n) is 23.1. The van der Waals surface area contributed by atoms with Crippen molar-refractivity contribution in [3.05, 3.63) is 129 Å². The van der Waals surface area contributed by atoms with E-state index in [1.54, 1.807) is 21.8 Å². The fourth-order valence-corrected chi connectivity index (χ4v) is 5.19. The number of nitrogens with zero attached hydrogens (tertiary/aromatic N) is 3. The Balaban J connectivity index is 1.69. The first-order chi connectivity index (χ1) is 19.2. The van der Waals surface area contributed by atoms with Crippen LogP contribution in [0.4, 0.5) is 0 Å². The normalized spacial score (nSPS) is 12.4. The van der Waals surface area contributed by atoms with Crippen molar-refractivity contribution in [1.29, 1.82) is 0 Å². The zero-order valence-corrected chi connectivity index (χ0v) is 24.7. The smallest absolute Gasteiger partial charge is 0.266 e. The summed E-state index contributed by atoms with van der Waals surface area (Å²) in [5.41, 5.74) is 2.78. The van der Waals surface area contributed by atoms with Crippen molar-refractivity contribution in [1.82, 2.24) is 14.5 Å². The molecule has 1 atom stereocenters. The van der Waals surface area contributed by atoms with Gasteiger partial charge in [0.15, 0.2) is 0 Å². The molecule has 5 rings (SSSR count). The van der Waals surface area contributed by atoms with Crippen LogP contribution in [0.1, 0.15) is 67.7 Å². The highest BCUT2D eigenvalue weighted by Gasteiger charge is 2.31. The van der Waals surface area contributed by atoms with Gasteiger partial charge < -0.3 is 9.32 Å². The molecular formula is C33H32BrN3O3. The number of aromatic nitrogens is 2. The van der Waals surface area contributed by atoms with Crippen molar-refractivity contribution in [2.24, 2.45) is 0 Å². The van der Waals surface area contributed by atoms with Crippen LogP contribution in [0.15, 0.2) is 105 Å². The second-order valence-corrected chi connectivity index (χ2v) is 11.8. The molecule has 2 heterocycles. The first kappa shape index (κ1) is 27.6. The first-order valence-corrected chi connectivity index (χ1v) is 14.2. The Kier molecular flexibility index (Phi) is 7.76. The molecule has 0 aliphatic heterocycles. The van der Waals surface area contributed by atoms with E-state index in [0.717, 1.165) is 10.0 Å². The Morgan fingerprint density at radius 1 is 0.975 bits per heavy atom. The first-order valence-electron chi connectivity index (χ1n) is 13.4. The highest BCUT2D eigenvalue weighted by atomic mass is 79.9. The molecule has 5 aromatic rings. The van der Waals surface area contributed by atoms with E-state index in [9.17, 15) is 9.59 Å². The molecular weight excluding hydrogens is 566 g/mol. The Morgan fingerprint density at radius 3 is 2.30 bits per heavy atom. The SMILES string of the molecule is CCC(c1nc2ccccc2c(=O)n1-c1ccc(Br)cc1)N(Cc1ccco1)C(=O)c1ccc(C(C)(C)C)cc1. The van der Waals surface area contributed by atoms with Gasteiger partial charge in [-0.05, 0) is 78.1 Å². The molecule has 0 aliphatic rings. The number of amides is 1. The summed E-state index contributed by atoms with van der Waals surface area (Å²) >= 11 is 3.49. The van der Waals surface area contributed by atoms with Crippen LogP contribution >= 0.6 is 15.9 Å². The lowest BCUT2D eigenvalue weighted by atomic mass is 9.86. The molecule has 204 valence electrons. The second kappa shape index (κ2) is 11.3. The molecule has 1 amide bonds. The molecule has 1 unspecified atom stereocenters. The van der Waals surface area contributed by atoms with Crippen molar-refractivity contribution in [2.45, 2.75) is 52.1 Å². The number of hydrogen-bond acceptors (Lipinski definition) is 4. The van der Waals surface area contributed by atoms with Crippen molar-refractivity contribution in [3.63, 3.8) is 0 Å². The summed E-state index contributed by atoms with van der Waals surface area (Å²) in [5.74, 6) is 0.990. The fourth-order valence-electron chi connectivity index (χ4n) is 4.93. The van der Waals surface area contributed by atoms with Crippen LogP contribution in [0.5, 0.6) is 0 Å². The van der Waals surface area contributed by atoms with E-state index in [0.29, 0.717) is 40.2 Å². The van der Waals surface area contributed by atoms with E-state index < -0.39 is 6.04 Å². The van der Waals surface area contributed by atoms with Crippen LogP contribution in [0.25, 0.3) is 16.6 Å². The van der Waals surface area contributed by atoms with E-state index >= 15 is 0 Å². The van der Waals surface area contributed by atoms with Gasteiger partial charge in [-0.3, -0.25) is 14.2 Å². The monoisotopic (exact) mass is 597 g/mol. The van der Waals surface area contributed by atoms with E-state index in [1.165, 1.54) is 0 Å². The minimum atomic E-state index is -0.513. The third kappa shape index (κ3) is 5.52. The topological polar surface area (TPSA) is 68.3 Å². The number of halogens is 1. The van der Waals surface area contributed by atoms with Gasteiger partial charge in [-0.2, -0.15) is 0 Å². The highest BCUT2D eigenvalue weighted by molar-refractivity contribution is 9.10. The quantitative estimate of drug-likeness (QED) is 0.192. The molecule has 2 aromatic heterocycles. The molecule has 0 N–H and O–H groups in total. The summed E-state index contributed by atoms with van der Waals surface area (Å²) in [7, 11) is 0. The average molecular weight is 599 g/mol. The van der Waals surface area contributed by atoms with Crippen molar-refractivity contribution in [2.75, 3.05) is 0 Å². The predicted molar refractivity (Wildman–Crippen MR) is 162 cm³/mol. The second-order valence-electron chi connectivity index (χ2n) is 10.9. The zero-order chi connectivity index (χ0) is 28.4. The fraction of sp³-hybridized carbons (Fsp3) is 0.242. The average Bonchev–Trinajstić information content (AvgIpc) is 3.46. The Morgan fingerprint density at radius 2 is 1.68 bits per heavy atom. The van der Waals surface area contributed by atoms with Crippen LogP contribution in [0.2, 0.25) is 0 Å². The summed E-state index contributed by atoms with van der Waals surface area (Å²) in [6.07, 6.45) is 2.14. The summed E-state index contributed by atoms with van der Waals surface area (Å²) in [4.78, 5) is 34.9. The third-order valence-corrected chi connectivity index (χ3v) is 7.64. The number of para-hydroxylation sites is 1. The number of furan rings is 1. The minimum absolute atomic E-state index is 0.0306. The lowest BCUT2D eigenvalue weighted by Gasteiger charge is -2.32. The molecule has 0 fully saturated rings. The molecule has 3 aromatic carbocycles. The summed E-state index contributed by atoms with van der Waals surface area (Å²) in [6, 6.07) is 25.8. The minimum Gasteiger partial charge on any atom is -0.467 e. The molecule has 0 aliphatic carbocycles. The Bertz CT molecular complexity index is 1680. The van der Waals surface area contributed by atoms with Gasteiger partial charge in [-0.25, -0.2) is 4.98 Å². The van der Waals surface area contributed by atoms with Crippen LogP contribution in [-0.2, 0) is 12.0 Å². The number of carbonyl (C=O) groups is 1. The van der Waals surface area contributed by atoms with Crippen LogP contribution in [0.3, 0.4) is 0 Å². The summed E-state index contributed by atoms with van der Waals surface area (Å²) < 4.78 is 8.21. The number of carbonyl (C=O) groups excluding carboxylic acids is 1. The van der Waals surface area contributed by atoms with Crippen LogP contribution < -0.4 is 5.56 Å². The van der Waals surface area contributed by atoms with Crippen molar-refractivity contribution < 1.29 is 9.21 Å². The molecule has 0 radical (unpaired) electrons. The van der Waals surface area contributed by atoms with Gasteiger partial charge in [-0.15, -0.1) is 0 Å². The summed E-state index contributed by atoms with van der Waals surface area (Å²) in [5, 5.41) is 0.519. The van der Waals surface area contributed by atoms with Crippen LogP contribution in [-0.4, -0.2) is 20.4 Å². The van der Waals surface area contributed by atoms with E-state index in [4.69, 9.17) is 9.40 Å². The Hall–Kier alpha value is -3.97. The van der Waals surface area contributed by atoms with Gasteiger partial charge in [0.25, 0.3) is 11.5 Å². The largest absolute Gasteiger partial charge is 0.467 e. The van der Waals surface area contributed by atoms with Gasteiger partial charge in [-0.1, -0.05) is 67.9 Å². The van der Waals surface area contributed by atoms with Crippen molar-refractivity contribution in [3.8, 4) is 5.69 Å². The number of benzene rings is 3. The van der Waals surface area contributed by atoms with Gasteiger partial charge in [0.05, 0.1) is 35.4 Å². The lowest BCUT2D eigenvalue weighted by Crippen LogP contribution is -2.38. The van der Waals surface area contributed by atoms with E-state index in [2.05, 4.69) is 36.7 Å². The molecule has 0 saturated heterocycles. The predicted octanol–water partition coefficient (Wildman–Crippen LogP) is 7.83. The number of rotatable bonds is 7. The summed E-state index contributed by atoms with van der Waals surface area (Å²) in [6.45, 7) is 8.67. The molecule has 6 nitrogen and oxygen atoms in total. The van der Waals surface area contributed by atoms with E-state index in [-0.39, 0.29) is 23.4 Å². The number of hydrogen-bond donors (Lipinski definition) is 0. The number of fused-ring (bicyclic) bond motifs is 1. The van der Waals surface area contributed by atoms with Crippen LogP contribution in [0, 0.1) is 0 Å². The maximum Gasteiger partial charge on any atom is 0.266 e. The van der Waals surface area contributed by atoms with Crippen molar-refractivity contribution >= 4 is 32.7 Å². The molecule has 0 spiro atoms. The standard InChI is InChI=1S/C33H32BrN3O3/c1-5-29(30-35-28-11-7-6-10-27(28)32(39)37(30)25-18-16-24(34)17-19-25)36(21-26-9-8-20-40-26)31(38)22-12-14-23(15-13-22)33(2,3)4/h6-20,29H,5,21H2,1-4H3. The molecule has 7 heteroatoms. The molecule has 40 heavy (non-hydrogen) atoms. The van der Waals surface area contributed by atoms with Gasteiger partial charge in [0.1, 0.15) is 11.6 Å². The Labute approximate surface area is 242 Å². The maximum absolute atomic E-state index is 14.2. The maximum atomic E-state index is 14.2.